The van der Waals surface area contributed by atoms with Crippen LogP contribution < -0.4 is 10.6 Å². The van der Waals surface area contributed by atoms with Crippen LogP contribution in [0, 0.1) is 18.3 Å². The second-order valence-corrected chi connectivity index (χ2v) is 5.80. The predicted octanol–water partition coefficient (Wildman–Crippen LogP) is 3.00. The lowest BCUT2D eigenvalue weighted by Gasteiger charge is -2.09. The van der Waals surface area contributed by atoms with Crippen LogP contribution >= 0.6 is 15.9 Å². The van der Waals surface area contributed by atoms with Gasteiger partial charge in [-0.15, -0.1) is 0 Å². The minimum atomic E-state index is -0.398. The van der Waals surface area contributed by atoms with E-state index in [2.05, 4.69) is 26.6 Å². The lowest BCUT2D eigenvalue weighted by atomic mass is 10.1. The van der Waals surface area contributed by atoms with E-state index in [1.165, 1.54) is 6.07 Å². The van der Waals surface area contributed by atoms with Crippen LogP contribution in [-0.4, -0.2) is 18.4 Å². The topological polar surface area (TPSA) is 82.0 Å². The van der Waals surface area contributed by atoms with Crippen molar-refractivity contribution in [3.8, 4) is 6.07 Å². The molecule has 0 saturated heterocycles. The summed E-state index contributed by atoms with van der Waals surface area (Å²) in [7, 11) is 0. The number of nitrogens with one attached hydrogen (secondary N) is 2. The third-order valence-electron chi connectivity index (χ3n) is 3.13. The average molecular weight is 372 g/mol. The molecule has 2 N–H and O–H groups in total. The molecule has 0 atom stereocenters. The summed E-state index contributed by atoms with van der Waals surface area (Å²) in [6.07, 6.45) is 0. The van der Waals surface area contributed by atoms with Crippen molar-refractivity contribution in [1.29, 1.82) is 5.26 Å². The summed E-state index contributed by atoms with van der Waals surface area (Å²) >= 11 is 3.36. The van der Waals surface area contributed by atoms with Crippen molar-refractivity contribution in [3.63, 3.8) is 0 Å². The van der Waals surface area contributed by atoms with E-state index in [0.29, 0.717) is 16.8 Å². The first kappa shape index (κ1) is 16.7. The maximum absolute atomic E-state index is 12.0. The molecular weight excluding hydrogens is 358 g/mol. The highest BCUT2D eigenvalue weighted by Crippen LogP contribution is 2.19. The normalized spacial score (nSPS) is 9.78. The second-order valence-electron chi connectivity index (χ2n) is 4.88. The van der Waals surface area contributed by atoms with Crippen LogP contribution in [0.5, 0.6) is 0 Å². The number of amides is 2. The number of aryl methyl sites for hydroxylation is 1. The Morgan fingerprint density at radius 3 is 2.70 bits per heavy atom. The number of nitrogens with zero attached hydrogens (tertiary/aromatic N) is 1. The number of halogens is 1. The number of hydrogen-bond donors (Lipinski definition) is 2. The minimum absolute atomic E-state index is 0.148. The van der Waals surface area contributed by atoms with Crippen LogP contribution in [0.25, 0.3) is 0 Å². The van der Waals surface area contributed by atoms with Crippen LogP contribution in [0.4, 0.5) is 5.69 Å². The number of carbonyl (C=O) groups excluding carboxylic acids is 2. The fourth-order valence-electron chi connectivity index (χ4n) is 1.95. The SMILES string of the molecule is Cc1cc(Br)ccc1NC(=O)CNC(=O)c1cccc(C#N)c1. The standard InChI is InChI=1S/C17H14BrN3O2/c1-11-7-14(18)5-6-15(11)21-16(22)10-20-17(23)13-4-2-3-12(8-13)9-19/h2-8H,10H2,1H3,(H,20,23)(H,21,22). The summed E-state index contributed by atoms with van der Waals surface area (Å²) < 4.78 is 0.929. The zero-order valence-electron chi connectivity index (χ0n) is 12.4. The van der Waals surface area contributed by atoms with Gasteiger partial charge in [0, 0.05) is 15.7 Å². The van der Waals surface area contributed by atoms with Gasteiger partial charge in [0.05, 0.1) is 18.2 Å². The van der Waals surface area contributed by atoms with Crippen LogP contribution in [0.2, 0.25) is 0 Å². The molecule has 5 nitrogen and oxygen atoms in total. The maximum Gasteiger partial charge on any atom is 0.251 e. The highest BCUT2D eigenvalue weighted by molar-refractivity contribution is 9.10. The van der Waals surface area contributed by atoms with Crippen LogP contribution in [0.15, 0.2) is 46.9 Å². The van der Waals surface area contributed by atoms with Crippen molar-refractivity contribution in [2.24, 2.45) is 0 Å². The lowest BCUT2D eigenvalue weighted by molar-refractivity contribution is -0.115. The fourth-order valence-corrected chi connectivity index (χ4v) is 2.43. The molecule has 116 valence electrons. The minimum Gasteiger partial charge on any atom is -0.343 e. The number of nitriles is 1. The first-order chi connectivity index (χ1) is 11.0. The van der Waals surface area contributed by atoms with Gasteiger partial charge in [-0.3, -0.25) is 9.59 Å². The fraction of sp³-hybridized carbons (Fsp3) is 0.118. The average Bonchev–Trinajstić information content (AvgIpc) is 2.55. The Balaban J connectivity index is 1.93. The molecule has 0 radical (unpaired) electrons. The van der Waals surface area contributed by atoms with Crippen LogP contribution in [-0.2, 0) is 4.79 Å². The first-order valence-electron chi connectivity index (χ1n) is 6.84. The summed E-state index contributed by atoms with van der Waals surface area (Å²) in [6, 6.07) is 13.8. The van der Waals surface area contributed by atoms with Gasteiger partial charge >= 0.3 is 0 Å². The molecule has 6 heteroatoms. The molecule has 0 aromatic heterocycles. The number of rotatable bonds is 4. The van der Waals surface area contributed by atoms with E-state index in [1.54, 1.807) is 24.3 Å². The van der Waals surface area contributed by atoms with Crippen LogP contribution in [0.3, 0.4) is 0 Å². The van der Waals surface area contributed by atoms with E-state index in [9.17, 15) is 9.59 Å². The van der Waals surface area contributed by atoms with Crippen molar-refractivity contribution in [3.05, 3.63) is 63.6 Å². The zero-order chi connectivity index (χ0) is 16.8. The molecule has 23 heavy (non-hydrogen) atoms. The number of anilines is 1. The molecule has 0 unspecified atom stereocenters. The molecule has 0 aliphatic rings. The number of carbonyl (C=O) groups is 2. The Kier molecular flexibility index (Phi) is 5.50. The van der Waals surface area contributed by atoms with Crippen molar-refractivity contribution in [2.75, 3.05) is 11.9 Å². The summed E-state index contributed by atoms with van der Waals surface area (Å²) in [5, 5.41) is 14.1. The van der Waals surface area contributed by atoms with Gasteiger partial charge in [-0.05, 0) is 48.9 Å². The molecule has 0 bridgehead atoms. The first-order valence-corrected chi connectivity index (χ1v) is 7.63. The smallest absolute Gasteiger partial charge is 0.251 e. The summed E-state index contributed by atoms with van der Waals surface area (Å²) in [4.78, 5) is 23.9. The Hall–Kier alpha value is -2.65. The zero-order valence-corrected chi connectivity index (χ0v) is 14.0. The molecule has 0 fully saturated rings. The molecule has 0 aliphatic carbocycles. The second kappa shape index (κ2) is 7.56. The third-order valence-corrected chi connectivity index (χ3v) is 3.62. The quantitative estimate of drug-likeness (QED) is 0.866. The molecule has 0 heterocycles. The van der Waals surface area contributed by atoms with E-state index in [-0.39, 0.29) is 12.5 Å². The van der Waals surface area contributed by atoms with Gasteiger partial charge < -0.3 is 10.6 Å². The molecule has 2 aromatic carbocycles. The highest BCUT2D eigenvalue weighted by Gasteiger charge is 2.09. The lowest BCUT2D eigenvalue weighted by Crippen LogP contribution is -2.33. The Morgan fingerprint density at radius 2 is 2.00 bits per heavy atom. The molecule has 0 spiro atoms. The monoisotopic (exact) mass is 371 g/mol. The molecular formula is C17H14BrN3O2. The van der Waals surface area contributed by atoms with Crippen molar-refractivity contribution < 1.29 is 9.59 Å². The van der Waals surface area contributed by atoms with E-state index in [4.69, 9.17) is 5.26 Å². The van der Waals surface area contributed by atoms with Gasteiger partial charge in [0.15, 0.2) is 0 Å². The van der Waals surface area contributed by atoms with E-state index in [0.717, 1.165) is 10.0 Å². The Morgan fingerprint density at radius 1 is 1.22 bits per heavy atom. The number of hydrogen-bond acceptors (Lipinski definition) is 3. The molecule has 2 aromatic rings. The van der Waals surface area contributed by atoms with Crippen LogP contribution in [0.1, 0.15) is 21.5 Å². The molecule has 2 amide bonds. The van der Waals surface area contributed by atoms with E-state index < -0.39 is 5.91 Å². The Labute approximate surface area is 142 Å². The van der Waals surface area contributed by atoms with Crippen molar-refractivity contribution in [2.45, 2.75) is 6.92 Å². The largest absolute Gasteiger partial charge is 0.343 e. The summed E-state index contributed by atoms with van der Waals surface area (Å²) in [5.74, 6) is -0.718. The molecule has 2 rings (SSSR count). The van der Waals surface area contributed by atoms with E-state index in [1.807, 2.05) is 25.1 Å². The van der Waals surface area contributed by atoms with Gasteiger partial charge in [-0.25, -0.2) is 0 Å². The molecule has 0 saturated carbocycles. The van der Waals surface area contributed by atoms with Gasteiger partial charge in [0.1, 0.15) is 0 Å². The highest BCUT2D eigenvalue weighted by atomic mass is 79.9. The summed E-state index contributed by atoms with van der Waals surface area (Å²) in [5.41, 5.74) is 2.35. The summed E-state index contributed by atoms with van der Waals surface area (Å²) in [6.45, 7) is 1.73. The maximum atomic E-state index is 12.0. The van der Waals surface area contributed by atoms with Gasteiger partial charge in [0.25, 0.3) is 5.91 Å². The van der Waals surface area contributed by atoms with Crippen molar-refractivity contribution >= 4 is 33.4 Å². The van der Waals surface area contributed by atoms with Gasteiger partial charge in [0.2, 0.25) is 5.91 Å². The Bertz CT molecular complexity index is 797. The molecule has 0 aliphatic heterocycles. The number of benzene rings is 2. The van der Waals surface area contributed by atoms with E-state index >= 15 is 0 Å². The predicted molar refractivity (Wildman–Crippen MR) is 91.0 cm³/mol. The van der Waals surface area contributed by atoms with Gasteiger partial charge in [-0.2, -0.15) is 5.26 Å². The van der Waals surface area contributed by atoms with Gasteiger partial charge in [-0.1, -0.05) is 22.0 Å². The third kappa shape index (κ3) is 4.66. The van der Waals surface area contributed by atoms with Crippen molar-refractivity contribution in [1.82, 2.24) is 5.32 Å².